The van der Waals surface area contributed by atoms with Crippen LogP contribution < -0.4 is 5.32 Å². The van der Waals surface area contributed by atoms with E-state index < -0.39 is 12.5 Å². The maximum atomic E-state index is 13.4. The number of aromatic nitrogens is 3. The van der Waals surface area contributed by atoms with E-state index in [1.54, 1.807) is 6.07 Å². The third-order valence-corrected chi connectivity index (χ3v) is 4.87. The van der Waals surface area contributed by atoms with Gasteiger partial charge in [-0.2, -0.15) is 13.9 Å². The van der Waals surface area contributed by atoms with Crippen LogP contribution in [-0.2, 0) is 11.3 Å². The molecule has 2 heterocycles. The Morgan fingerprint density at radius 2 is 2.11 bits per heavy atom. The van der Waals surface area contributed by atoms with E-state index in [9.17, 15) is 22.4 Å². The number of nitrogens with one attached hydrogen (secondary N) is 1. The lowest BCUT2D eigenvalue weighted by molar-refractivity contribution is -0.116. The molecular weight excluding hydrogens is 376 g/mol. The fraction of sp³-hybridized carbons (Fsp3) is 0.421. The Balaban J connectivity index is 1.91. The van der Waals surface area contributed by atoms with Gasteiger partial charge in [0.2, 0.25) is 11.8 Å². The van der Waals surface area contributed by atoms with Gasteiger partial charge in [0.25, 0.3) is 0 Å². The van der Waals surface area contributed by atoms with E-state index >= 15 is 0 Å². The molecule has 1 amide bonds. The first-order chi connectivity index (χ1) is 13.3. The van der Waals surface area contributed by atoms with E-state index in [1.165, 1.54) is 12.3 Å². The summed E-state index contributed by atoms with van der Waals surface area (Å²) in [6, 6.07) is 3.14. The SMILES string of the molecule is C=CC(=O)NCc1cnc(C2CCC(F)(F)CC2)cc1-c1ccn(C(F)F)n1. The summed E-state index contributed by atoms with van der Waals surface area (Å²) in [5, 5.41) is 6.50. The molecule has 0 aliphatic heterocycles. The van der Waals surface area contributed by atoms with Crippen LogP contribution in [0.2, 0.25) is 0 Å². The lowest BCUT2D eigenvalue weighted by atomic mass is 9.84. The minimum Gasteiger partial charge on any atom is -0.348 e. The largest absolute Gasteiger partial charge is 0.348 e. The Morgan fingerprint density at radius 3 is 2.71 bits per heavy atom. The zero-order chi connectivity index (χ0) is 20.3. The number of hydrogen-bond donors (Lipinski definition) is 1. The van der Waals surface area contributed by atoms with Gasteiger partial charge in [-0.15, -0.1) is 0 Å². The number of carbonyl (C=O) groups excluding carboxylic acids is 1. The first kappa shape index (κ1) is 20.0. The molecule has 5 nitrogen and oxygen atoms in total. The number of rotatable bonds is 6. The van der Waals surface area contributed by atoms with Gasteiger partial charge in [-0.1, -0.05) is 6.58 Å². The van der Waals surface area contributed by atoms with Crippen molar-refractivity contribution in [1.29, 1.82) is 0 Å². The smallest absolute Gasteiger partial charge is 0.333 e. The molecule has 0 radical (unpaired) electrons. The van der Waals surface area contributed by atoms with Crippen molar-refractivity contribution in [2.45, 2.75) is 50.6 Å². The van der Waals surface area contributed by atoms with Crippen LogP contribution in [0.4, 0.5) is 17.6 Å². The van der Waals surface area contributed by atoms with Crippen molar-refractivity contribution in [1.82, 2.24) is 20.1 Å². The van der Waals surface area contributed by atoms with Gasteiger partial charge >= 0.3 is 6.55 Å². The average molecular weight is 396 g/mol. The summed E-state index contributed by atoms with van der Waals surface area (Å²) in [6.07, 6.45) is 4.01. The molecule has 150 valence electrons. The second-order valence-corrected chi connectivity index (χ2v) is 6.78. The predicted octanol–water partition coefficient (Wildman–Crippen LogP) is 4.44. The topological polar surface area (TPSA) is 59.8 Å². The van der Waals surface area contributed by atoms with Crippen LogP contribution in [0.1, 0.15) is 49.4 Å². The molecule has 28 heavy (non-hydrogen) atoms. The summed E-state index contributed by atoms with van der Waals surface area (Å²) in [4.78, 5) is 15.8. The average Bonchev–Trinajstić information content (AvgIpc) is 3.16. The molecule has 2 aromatic heterocycles. The Morgan fingerprint density at radius 1 is 1.39 bits per heavy atom. The Bertz CT molecular complexity index is 855. The fourth-order valence-corrected chi connectivity index (χ4v) is 3.28. The maximum Gasteiger partial charge on any atom is 0.333 e. The summed E-state index contributed by atoms with van der Waals surface area (Å²) < 4.78 is 53.2. The molecule has 1 aliphatic carbocycles. The minimum atomic E-state index is -2.78. The molecule has 1 fully saturated rings. The minimum absolute atomic E-state index is 0.109. The summed E-state index contributed by atoms with van der Waals surface area (Å²) >= 11 is 0. The number of alkyl halides is 4. The van der Waals surface area contributed by atoms with Crippen LogP contribution in [-0.4, -0.2) is 26.6 Å². The van der Waals surface area contributed by atoms with E-state index in [0.717, 1.165) is 12.3 Å². The highest BCUT2D eigenvalue weighted by atomic mass is 19.3. The lowest BCUT2D eigenvalue weighted by Gasteiger charge is -2.28. The second-order valence-electron chi connectivity index (χ2n) is 6.78. The first-order valence-corrected chi connectivity index (χ1v) is 8.89. The third kappa shape index (κ3) is 4.58. The van der Waals surface area contributed by atoms with Crippen molar-refractivity contribution < 1.29 is 22.4 Å². The molecule has 2 aromatic rings. The van der Waals surface area contributed by atoms with E-state index in [4.69, 9.17) is 0 Å². The third-order valence-electron chi connectivity index (χ3n) is 4.87. The van der Waals surface area contributed by atoms with Gasteiger partial charge in [0.15, 0.2) is 0 Å². The number of amides is 1. The van der Waals surface area contributed by atoms with E-state index in [0.29, 0.717) is 40.0 Å². The van der Waals surface area contributed by atoms with Crippen LogP contribution in [0.5, 0.6) is 0 Å². The number of hydrogen-bond acceptors (Lipinski definition) is 3. The highest BCUT2D eigenvalue weighted by molar-refractivity contribution is 5.86. The molecule has 3 rings (SSSR count). The Kier molecular flexibility index (Phi) is 5.81. The monoisotopic (exact) mass is 396 g/mol. The summed E-state index contributed by atoms with van der Waals surface area (Å²) in [7, 11) is 0. The zero-order valence-electron chi connectivity index (χ0n) is 15.0. The van der Waals surface area contributed by atoms with Crippen LogP contribution >= 0.6 is 0 Å². The number of carbonyl (C=O) groups is 1. The van der Waals surface area contributed by atoms with Gasteiger partial charge in [-0.3, -0.25) is 9.78 Å². The van der Waals surface area contributed by atoms with Crippen molar-refractivity contribution in [3.05, 3.63) is 48.4 Å². The second kappa shape index (κ2) is 8.12. The van der Waals surface area contributed by atoms with Gasteiger partial charge in [-0.25, -0.2) is 13.5 Å². The summed E-state index contributed by atoms with van der Waals surface area (Å²) in [5.41, 5.74) is 2.04. The molecular formula is C19H20F4N4O. The van der Waals surface area contributed by atoms with Gasteiger partial charge in [0.05, 0.1) is 5.69 Å². The van der Waals surface area contributed by atoms with Crippen molar-refractivity contribution >= 4 is 5.91 Å². The number of halogens is 4. The van der Waals surface area contributed by atoms with Crippen molar-refractivity contribution in [3.8, 4) is 11.3 Å². The molecule has 0 bridgehead atoms. The quantitative estimate of drug-likeness (QED) is 0.580. The van der Waals surface area contributed by atoms with Crippen molar-refractivity contribution in [3.63, 3.8) is 0 Å². The molecule has 1 N–H and O–H groups in total. The normalized spacial score (nSPS) is 16.9. The van der Waals surface area contributed by atoms with Crippen molar-refractivity contribution in [2.75, 3.05) is 0 Å². The maximum absolute atomic E-state index is 13.4. The molecule has 1 aliphatic rings. The molecule has 0 atom stereocenters. The standard InChI is InChI=1S/C19H20F4N4O/c1-2-17(28)25-11-13-10-24-16(12-3-6-19(22,23)7-4-12)9-14(13)15-5-8-27(26-15)18(20)21/h2,5,8-10,12,18H,1,3-4,6-7,11H2,(H,25,28). The number of pyridine rings is 1. The molecule has 9 heteroatoms. The van der Waals surface area contributed by atoms with Crippen LogP contribution in [0.15, 0.2) is 37.2 Å². The number of nitrogens with zero attached hydrogens (tertiary/aromatic N) is 3. The predicted molar refractivity (Wildman–Crippen MR) is 94.9 cm³/mol. The Hall–Kier alpha value is -2.71. The zero-order valence-corrected chi connectivity index (χ0v) is 15.0. The summed E-state index contributed by atoms with van der Waals surface area (Å²) in [6.45, 7) is 0.706. The molecule has 0 spiro atoms. The highest BCUT2D eigenvalue weighted by Crippen LogP contribution is 2.41. The van der Waals surface area contributed by atoms with Gasteiger partial charge in [0, 0.05) is 49.0 Å². The molecule has 0 aromatic carbocycles. The first-order valence-electron chi connectivity index (χ1n) is 8.89. The van der Waals surface area contributed by atoms with Crippen molar-refractivity contribution in [2.24, 2.45) is 0 Å². The van der Waals surface area contributed by atoms with Gasteiger partial charge in [0.1, 0.15) is 0 Å². The molecule has 0 saturated heterocycles. The van der Waals surface area contributed by atoms with Gasteiger partial charge in [-0.05, 0) is 36.6 Å². The Labute approximate surface area is 159 Å². The lowest BCUT2D eigenvalue weighted by Crippen LogP contribution is -2.24. The fourth-order valence-electron chi connectivity index (χ4n) is 3.28. The molecule has 0 unspecified atom stereocenters. The summed E-state index contributed by atoms with van der Waals surface area (Å²) in [5.74, 6) is -3.17. The van der Waals surface area contributed by atoms with Crippen LogP contribution in [0.3, 0.4) is 0 Å². The van der Waals surface area contributed by atoms with Crippen LogP contribution in [0.25, 0.3) is 11.3 Å². The van der Waals surface area contributed by atoms with Crippen LogP contribution in [0, 0.1) is 0 Å². The van der Waals surface area contributed by atoms with E-state index in [-0.39, 0.29) is 31.2 Å². The van der Waals surface area contributed by atoms with E-state index in [2.05, 4.69) is 22.0 Å². The van der Waals surface area contributed by atoms with E-state index in [1.807, 2.05) is 0 Å². The van der Waals surface area contributed by atoms with Gasteiger partial charge < -0.3 is 5.32 Å². The highest BCUT2D eigenvalue weighted by Gasteiger charge is 2.36. The molecule has 1 saturated carbocycles.